The molecule has 1 aromatic heterocycles. The molecule has 0 bridgehead atoms. The van der Waals surface area contributed by atoms with Gasteiger partial charge in [0.2, 0.25) is 5.91 Å². The van der Waals surface area contributed by atoms with Crippen molar-refractivity contribution in [3.8, 4) is 0 Å². The summed E-state index contributed by atoms with van der Waals surface area (Å²) in [6, 6.07) is 10.7. The molecule has 0 aliphatic heterocycles. The number of nitrogens with zero attached hydrogens (tertiary/aromatic N) is 3. The van der Waals surface area contributed by atoms with Crippen LogP contribution >= 0.6 is 11.8 Å². The Labute approximate surface area is 210 Å². The lowest BCUT2D eigenvalue weighted by Gasteiger charge is -2.18. The van der Waals surface area contributed by atoms with E-state index in [-0.39, 0.29) is 24.1 Å². The van der Waals surface area contributed by atoms with E-state index in [1.54, 1.807) is 43.6 Å². The summed E-state index contributed by atoms with van der Waals surface area (Å²) in [7, 11) is 1.65. The van der Waals surface area contributed by atoms with Crippen LogP contribution < -0.4 is 16.9 Å². The first-order valence-corrected chi connectivity index (χ1v) is 12.2. The quantitative estimate of drug-likeness (QED) is 0.0965. The number of anilines is 1. The number of hydrogen-bond acceptors (Lipinski definition) is 7. The van der Waals surface area contributed by atoms with Crippen LogP contribution in [0.5, 0.6) is 0 Å². The van der Waals surface area contributed by atoms with Gasteiger partial charge in [0, 0.05) is 43.2 Å². The molecule has 0 radical (unpaired) electrons. The van der Waals surface area contributed by atoms with Gasteiger partial charge in [0.1, 0.15) is 5.84 Å². The standard InChI is InChI=1S/C25H32N6O3S/c1-3-4-6-20-11-8-18(16-28-20)15-22(35-17-32)25(34)31(2)14-5-7-23(33)29-21-12-9-19(10-13-21)24(26)30-27/h8-13,15-17H,3-7,14,27H2,1-2H3,(H2,26,30)(H,29,33)/b22-15-. The number of thioether (sulfide) groups is 1. The minimum atomic E-state index is -0.285. The highest BCUT2D eigenvalue weighted by Gasteiger charge is 2.16. The maximum absolute atomic E-state index is 12.9. The van der Waals surface area contributed by atoms with Gasteiger partial charge in [-0.2, -0.15) is 5.10 Å². The molecule has 186 valence electrons. The molecule has 0 aliphatic carbocycles. The maximum atomic E-state index is 12.9. The average Bonchev–Trinajstić information content (AvgIpc) is 2.87. The molecule has 2 amide bonds. The lowest BCUT2D eigenvalue weighted by atomic mass is 10.1. The largest absolute Gasteiger partial charge is 0.382 e. The Morgan fingerprint density at radius 3 is 2.51 bits per heavy atom. The Morgan fingerprint density at radius 2 is 1.91 bits per heavy atom. The van der Waals surface area contributed by atoms with Gasteiger partial charge >= 0.3 is 0 Å². The van der Waals surface area contributed by atoms with Crippen LogP contribution in [0.3, 0.4) is 0 Å². The Bertz CT molecular complexity index is 1050. The number of amidine groups is 1. The van der Waals surface area contributed by atoms with E-state index in [0.29, 0.717) is 34.7 Å². The second-order valence-electron chi connectivity index (χ2n) is 7.88. The van der Waals surface area contributed by atoms with Crippen molar-refractivity contribution in [3.63, 3.8) is 0 Å². The van der Waals surface area contributed by atoms with Crippen molar-refractivity contribution in [2.24, 2.45) is 16.7 Å². The molecule has 2 aromatic rings. The molecule has 0 saturated carbocycles. The van der Waals surface area contributed by atoms with Crippen LogP contribution in [-0.2, 0) is 20.8 Å². The van der Waals surface area contributed by atoms with Crippen LogP contribution in [0.4, 0.5) is 5.69 Å². The number of nitrogens with one attached hydrogen (secondary N) is 1. The number of likely N-dealkylation sites (N-methyl/N-ethyl adjacent to an activating group) is 1. The zero-order valence-corrected chi connectivity index (χ0v) is 20.9. The van der Waals surface area contributed by atoms with Crippen LogP contribution in [-0.4, -0.2) is 46.7 Å². The third kappa shape index (κ3) is 9.24. The molecule has 0 unspecified atom stereocenters. The normalized spacial score (nSPS) is 11.7. The zero-order chi connectivity index (χ0) is 25.6. The van der Waals surface area contributed by atoms with E-state index in [9.17, 15) is 14.4 Å². The predicted octanol–water partition coefficient (Wildman–Crippen LogP) is 3.14. The number of aryl methyl sites for hydroxylation is 1. The SMILES string of the molecule is CCCCc1ccc(/C=C(\SC=O)C(=O)N(C)CCCC(=O)Nc2ccc(/C(N)=N/N)cc2)cn1. The van der Waals surface area contributed by atoms with Crippen LogP contribution in [0.15, 0.2) is 52.6 Å². The fourth-order valence-corrected chi connectivity index (χ4v) is 3.73. The molecule has 1 heterocycles. The summed E-state index contributed by atoms with van der Waals surface area (Å²) >= 11 is 0.829. The van der Waals surface area contributed by atoms with Crippen LogP contribution in [0, 0.1) is 0 Å². The molecule has 0 aliphatic rings. The molecule has 0 saturated heterocycles. The van der Waals surface area contributed by atoms with E-state index in [4.69, 9.17) is 11.6 Å². The highest BCUT2D eigenvalue weighted by atomic mass is 32.2. The average molecular weight is 497 g/mol. The van der Waals surface area contributed by atoms with Crippen LogP contribution in [0.25, 0.3) is 6.08 Å². The smallest absolute Gasteiger partial charge is 0.260 e. The van der Waals surface area contributed by atoms with Gasteiger partial charge in [-0.3, -0.25) is 19.4 Å². The van der Waals surface area contributed by atoms with E-state index in [1.165, 1.54) is 4.90 Å². The second kappa shape index (κ2) is 14.6. The Morgan fingerprint density at radius 1 is 1.17 bits per heavy atom. The van der Waals surface area contributed by atoms with E-state index in [0.717, 1.165) is 42.3 Å². The minimum absolute atomic E-state index is 0.175. The predicted molar refractivity (Wildman–Crippen MR) is 142 cm³/mol. The summed E-state index contributed by atoms with van der Waals surface area (Å²) in [5.41, 5.74) is 9.31. The Balaban J connectivity index is 1.88. The molecule has 0 spiro atoms. The Hall–Kier alpha value is -3.66. The summed E-state index contributed by atoms with van der Waals surface area (Å²) in [5, 5.41) is 6.23. The summed E-state index contributed by atoms with van der Waals surface area (Å²) in [5.74, 6) is 4.90. The zero-order valence-electron chi connectivity index (χ0n) is 20.1. The summed E-state index contributed by atoms with van der Waals surface area (Å²) < 4.78 is 0. The molecule has 2 rings (SSSR count). The number of carbonyl (C=O) groups is 3. The molecule has 10 heteroatoms. The van der Waals surface area contributed by atoms with Crippen molar-refractivity contribution < 1.29 is 14.4 Å². The van der Waals surface area contributed by atoms with Crippen molar-refractivity contribution in [3.05, 3.63) is 64.3 Å². The molecule has 1 aromatic carbocycles. The minimum Gasteiger partial charge on any atom is -0.382 e. The first kappa shape index (κ1) is 27.6. The van der Waals surface area contributed by atoms with Gasteiger partial charge in [-0.05, 0) is 73.0 Å². The fourth-order valence-electron chi connectivity index (χ4n) is 3.17. The number of unbranched alkanes of at least 4 members (excludes halogenated alkanes) is 1. The maximum Gasteiger partial charge on any atom is 0.260 e. The molecule has 35 heavy (non-hydrogen) atoms. The first-order valence-electron chi connectivity index (χ1n) is 11.3. The van der Waals surface area contributed by atoms with Crippen molar-refractivity contribution >= 4 is 46.8 Å². The van der Waals surface area contributed by atoms with Gasteiger partial charge in [0.05, 0.1) is 4.91 Å². The fraction of sp³-hybridized carbons (Fsp3) is 0.320. The second-order valence-corrected chi connectivity index (χ2v) is 8.75. The van der Waals surface area contributed by atoms with Gasteiger partial charge in [0.25, 0.3) is 5.91 Å². The van der Waals surface area contributed by atoms with Gasteiger partial charge < -0.3 is 21.8 Å². The van der Waals surface area contributed by atoms with E-state index >= 15 is 0 Å². The third-order valence-electron chi connectivity index (χ3n) is 5.17. The molecular formula is C25H32N6O3S. The number of hydrogen-bond donors (Lipinski definition) is 3. The van der Waals surface area contributed by atoms with Crippen LogP contribution in [0.2, 0.25) is 0 Å². The van der Waals surface area contributed by atoms with Crippen molar-refractivity contribution in [2.45, 2.75) is 39.0 Å². The lowest BCUT2D eigenvalue weighted by Crippen LogP contribution is -2.29. The van der Waals surface area contributed by atoms with Crippen LogP contribution in [0.1, 0.15) is 49.4 Å². The van der Waals surface area contributed by atoms with E-state index in [1.807, 2.05) is 12.1 Å². The van der Waals surface area contributed by atoms with Gasteiger partial charge in [-0.25, -0.2) is 0 Å². The number of rotatable bonds is 13. The number of benzene rings is 1. The van der Waals surface area contributed by atoms with Gasteiger partial charge in [-0.1, -0.05) is 19.4 Å². The van der Waals surface area contributed by atoms with Gasteiger partial charge in [0.15, 0.2) is 5.62 Å². The van der Waals surface area contributed by atoms with E-state index < -0.39 is 0 Å². The number of aromatic nitrogens is 1. The monoisotopic (exact) mass is 496 g/mol. The summed E-state index contributed by atoms with van der Waals surface area (Å²) in [6.07, 6.45) is 7.14. The van der Waals surface area contributed by atoms with Crippen molar-refractivity contribution in [1.29, 1.82) is 0 Å². The molecule has 0 atom stereocenters. The molecule has 9 nitrogen and oxygen atoms in total. The molecule has 5 N–H and O–H groups in total. The number of hydrazone groups is 1. The summed E-state index contributed by atoms with van der Waals surface area (Å²) in [6.45, 7) is 2.49. The third-order valence-corrected chi connectivity index (χ3v) is 5.81. The highest BCUT2D eigenvalue weighted by molar-refractivity contribution is 8.16. The number of amides is 2. The molecular weight excluding hydrogens is 464 g/mol. The highest BCUT2D eigenvalue weighted by Crippen LogP contribution is 2.20. The molecule has 0 fully saturated rings. The number of pyridine rings is 1. The van der Waals surface area contributed by atoms with Crippen molar-refractivity contribution in [2.75, 3.05) is 18.9 Å². The van der Waals surface area contributed by atoms with E-state index in [2.05, 4.69) is 22.3 Å². The van der Waals surface area contributed by atoms with Crippen molar-refractivity contribution in [1.82, 2.24) is 9.88 Å². The number of nitrogens with two attached hydrogens (primary N) is 2. The first-order chi connectivity index (χ1) is 16.9. The Kier molecular flexibility index (Phi) is 11.5. The lowest BCUT2D eigenvalue weighted by molar-refractivity contribution is -0.125. The number of carbonyl (C=O) groups excluding carboxylic acids is 3. The topological polar surface area (TPSA) is 144 Å². The van der Waals surface area contributed by atoms with Gasteiger partial charge in [-0.15, -0.1) is 0 Å². The summed E-state index contributed by atoms with van der Waals surface area (Å²) in [4.78, 5) is 42.5.